The van der Waals surface area contributed by atoms with Crippen molar-refractivity contribution in [1.29, 1.82) is 0 Å². The van der Waals surface area contributed by atoms with Gasteiger partial charge in [0.15, 0.2) is 6.10 Å². The Balaban J connectivity index is 2.82. The van der Waals surface area contributed by atoms with Crippen molar-refractivity contribution >= 4 is 17.9 Å². The van der Waals surface area contributed by atoms with Gasteiger partial charge in [0.2, 0.25) is 0 Å². The molecular weight excluding hydrogens is 244 g/mol. The van der Waals surface area contributed by atoms with Crippen molar-refractivity contribution in [2.75, 3.05) is 6.61 Å². The van der Waals surface area contributed by atoms with Crippen LogP contribution in [0.3, 0.4) is 0 Å². The number of benzene rings is 1. The number of carboxylic acid groups (broad SMARTS) is 1. The Morgan fingerprint density at radius 2 is 1.83 bits per heavy atom. The van der Waals surface area contributed by atoms with E-state index in [1.807, 2.05) is 0 Å². The van der Waals surface area contributed by atoms with E-state index in [1.165, 1.54) is 18.2 Å². The largest absolute Gasteiger partial charge is 0.478 e. The Kier molecular flexibility index (Phi) is 4.52. The number of carboxylic acids is 1. The summed E-state index contributed by atoms with van der Waals surface area (Å²) < 4.78 is 4.24. The second-order valence-electron chi connectivity index (χ2n) is 3.29. The molecule has 0 aromatic heterocycles. The fourth-order valence-electron chi connectivity index (χ4n) is 1.07. The van der Waals surface area contributed by atoms with E-state index in [9.17, 15) is 14.4 Å². The molecule has 0 bridgehead atoms. The van der Waals surface area contributed by atoms with Gasteiger partial charge in [0.1, 0.15) is 0 Å². The Labute approximate surface area is 101 Å². The maximum Gasteiger partial charge on any atom is 0.345 e. The molecule has 0 spiro atoms. The maximum absolute atomic E-state index is 11.4. The van der Waals surface area contributed by atoms with Crippen LogP contribution >= 0.6 is 0 Å². The molecule has 1 rings (SSSR count). The van der Waals surface area contributed by atoms with Crippen molar-refractivity contribution in [2.24, 2.45) is 0 Å². The molecule has 3 N–H and O–H groups in total. The number of carbonyl (C=O) groups excluding carboxylic acids is 2. The second kappa shape index (κ2) is 5.89. The van der Waals surface area contributed by atoms with Gasteiger partial charge in [0.25, 0.3) is 0 Å². The zero-order valence-electron chi connectivity index (χ0n) is 9.07. The van der Waals surface area contributed by atoms with Crippen LogP contribution in [0.1, 0.15) is 20.7 Å². The number of aliphatic hydroxyl groups excluding tert-OH is 2. The van der Waals surface area contributed by atoms with E-state index in [2.05, 4.69) is 4.74 Å². The number of hydrogen-bond acceptors (Lipinski definition) is 6. The summed E-state index contributed by atoms with van der Waals surface area (Å²) in [4.78, 5) is 33.1. The van der Waals surface area contributed by atoms with Crippen molar-refractivity contribution in [1.82, 2.24) is 0 Å². The summed E-state index contributed by atoms with van der Waals surface area (Å²) in [7, 11) is 0. The van der Waals surface area contributed by atoms with Crippen LogP contribution in [0.4, 0.5) is 0 Å². The van der Waals surface area contributed by atoms with Crippen molar-refractivity contribution in [3.8, 4) is 0 Å². The molecular formula is C11H10O7. The Bertz CT molecular complexity index is 480. The highest BCUT2D eigenvalue weighted by molar-refractivity contribution is 5.99. The molecule has 96 valence electrons. The average molecular weight is 254 g/mol. The second-order valence-corrected chi connectivity index (χ2v) is 3.29. The van der Waals surface area contributed by atoms with Gasteiger partial charge >= 0.3 is 17.9 Å². The number of rotatable bonds is 4. The number of ether oxygens (including phenoxy) is 1. The number of aliphatic hydroxyl groups is 2. The van der Waals surface area contributed by atoms with E-state index in [-0.39, 0.29) is 11.1 Å². The van der Waals surface area contributed by atoms with Crippen LogP contribution in [0.25, 0.3) is 0 Å². The van der Waals surface area contributed by atoms with Gasteiger partial charge < -0.3 is 20.1 Å². The highest BCUT2D eigenvalue weighted by Gasteiger charge is 2.20. The molecule has 0 aliphatic heterocycles. The summed E-state index contributed by atoms with van der Waals surface area (Å²) in [6, 6.07) is 4.87. The molecule has 18 heavy (non-hydrogen) atoms. The molecule has 1 atom stereocenters. The van der Waals surface area contributed by atoms with Crippen molar-refractivity contribution in [3.05, 3.63) is 35.4 Å². The third-order valence-electron chi connectivity index (χ3n) is 1.98. The molecule has 0 fully saturated rings. The molecule has 0 amide bonds. The van der Waals surface area contributed by atoms with Gasteiger partial charge in [-0.1, -0.05) is 6.07 Å². The molecule has 0 heterocycles. The summed E-state index contributed by atoms with van der Waals surface area (Å²) in [6.07, 6.45) is -1.81. The summed E-state index contributed by atoms with van der Waals surface area (Å²) in [6.45, 7) is -0.874. The van der Waals surface area contributed by atoms with Gasteiger partial charge in [-0.05, 0) is 18.2 Å². The van der Waals surface area contributed by atoms with Crippen LogP contribution in [0.2, 0.25) is 0 Å². The van der Waals surface area contributed by atoms with Crippen LogP contribution in [0.15, 0.2) is 24.3 Å². The SMILES string of the molecule is O=C(O)c1cccc(C(=O)OC(=O)C(O)CO)c1. The molecule has 7 nitrogen and oxygen atoms in total. The molecule has 7 heteroatoms. The highest BCUT2D eigenvalue weighted by atomic mass is 16.6. The lowest BCUT2D eigenvalue weighted by Gasteiger charge is -2.06. The van der Waals surface area contributed by atoms with E-state index >= 15 is 0 Å². The number of hydrogen-bond donors (Lipinski definition) is 3. The monoisotopic (exact) mass is 254 g/mol. The molecule has 1 aromatic rings. The Morgan fingerprint density at radius 1 is 1.22 bits per heavy atom. The van der Waals surface area contributed by atoms with Gasteiger partial charge in [-0.25, -0.2) is 14.4 Å². The normalized spacial score (nSPS) is 11.7. The number of carbonyl (C=O) groups is 3. The highest BCUT2D eigenvalue weighted by Crippen LogP contribution is 2.07. The van der Waals surface area contributed by atoms with Gasteiger partial charge in [-0.2, -0.15) is 0 Å². The number of aromatic carboxylic acids is 1. The van der Waals surface area contributed by atoms with Crippen LogP contribution < -0.4 is 0 Å². The van der Waals surface area contributed by atoms with Crippen LogP contribution in [-0.2, 0) is 9.53 Å². The standard InChI is InChI=1S/C11H10O7/c12-5-8(13)11(17)18-10(16)7-3-1-2-6(4-7)9(14)15/h1-4,8,12-13H,5H2,(H,14,15). The van der Waals surface area contributed by atoms with Gasteiger partial charge in [-0.15, -0.1) is 0 Å². The molecule has 0 aliphatic rings. The summed E-state index contributed by atoms with van der Waals surface area (Å²) in [5.41, 5.74) is -0.284. The van der Waals surface area contributed by atoms with E-state index < -0.39 is 30.6 Å². The quantitative estimate of drug-likeness (QED) is 0.485. The van der Waals surface area contributed by atoms with E-state index in [1.54, 1.807) is 0 Å². The van der Waals surface area contributed by atoms with Crippen LogP contribution in [-0.4, -0.2) is 45.9 Å². The first-order chi connectivity index (χ1) is 8.45. The Morgan fingerprint density at radius 3 is 2.39 bits per heavy atom. The fraction of sp³-hybridized carbons (Fsp3) is 0.182. The molecule has 0 radical (unpaired) electrons. The van der Waals surface area contributed by atoms with Crippen LogP contribution in [0.5, 0.6) is 0 Å². The lowest BCUT2D eigenvalue weighted by molar-refractivity contribution is -0.149. The first-order valence-electron chi connectivity index (χ1n) is 4.84. The summed E-state index contributed by atoms with van der Waals surface area (Å²) in [5, 5.41) is 26.1. The smallest absolute Gasteiger partial charge is 0.345 e. The third kappa shape index (κ3) is 3.37. The van der Waals surface area contributed by atoms with E-state index in [4.69, 9.17) is 15.3 Å². The first-order valence-corrected chi connectivity index (χ1v) is 4.84. The van der Waals surface area contributed by atoms with Crippen molar-refractivity contribution < 1.29 is 34.4 Å². The van der Waals surface area contributed by atoms with E-state index in [0.29, 0.717) is 0 Å². The fourth-order valence-corrected chi connectivity index (χ4v) is 1.07. The minimum atomic E-state index is -1.81. The zero-order valence-corrected chi connectivity index (χ0v) is 9.07. The minimum absolute atomic E-state index is 0.139. The lowest BCUT2D eigenvalue weighted by Crippen LogP contribution is -2.28. The average Bonchev–Trinajstić information content (AvgIpc) is 2.37. The third-order valence-corrected chi connectivity index (χ3v) is 1.98. The summed E-state index contributed by atoms with van der Waals surface area (Å²) in [5.74, 6) is -3.63. The minimum Gasteiger partial charge on any atom is -0.478 e. The van der Waals surface area contributed by atoms with Gasteiger partial charge in [0.05, 0.1) is 17.7 Å². The first kappa shape index (κ1) is 13.8. The molecule has 0 saturated heterocycles. The van der Waals surface area contributed by atoms with Gasteiger partial charge in [0, 0.05) is 0 Å². The molecule has 0 saturated carbocycles. The predicted molar refractivity (Wildman–Crippen MR) is 56.9 cm³/mol. The van der Waals surface area contributed by atoms with Crippen LogP contribution in [0, 0.1) is 0 Å². The molecule has 1 unspecified atom stereocenters. The van der Waals surface area contributed by atoms with Crippen molar-refractivity contribution in [3.63, 3.8) is 0 Å². The topological polar surface area (TPSA) is 121 Å². The van der Waals surface area contributed by atoms with Crippen molar-refractivity contribution in [2.45, 2.75) is 6.10 Å². The predicted octanol–water partition coefficient (Wildman–Crippen LogP) is -0.579. The van der Waals surface area contributed by atoms with E-state index in [0.717, 1.165) is 6.07 Å². The van der Waals surface area contributed by atoms with Gasteiger partial charge in [-0.3, -0.25) is 0 Å². The molecule has 0 aliphatic carbocycles. The zero-order chi connectivity index (χ0) is 13.7. The lowest BCUT2D eigenvalue weighted by atomic mass is 10.1. The Hall–Kier alpha value is -2.25. The summed E-state index contributed by atoms with van der Waals surface area (Å²) >= 11 is 0. The molecule has 1 aromatic carbocycles. The maximum atomic E-state index is 11.4. The number of esters is 2.